The molecule has 0 radical (unpaired) electrons. The van der Waals surface area contributed by atoms with Crippen LogP contribution in [0.3, 0.4) is 0 Å². The molecule has 0 atom stereocenters. The maximum absolute atomic E-state index is 11.2. The molecule has 0 aromatic heterocycles. The van der Waals surface area contributed by atoms with Crippen LogP contribution in [0.4, 0.5) is 0 Å². The SMILES string of the molecule is CC(C)=CCCC(C)=CCCC(C)=CCCC(=O)OCC=O. The molecule has 0 N–H and O–H groups in total. The van der Waals surface area contributed by atoms with Crippen LogP contribution >= 0.6 is 0 Å². The van der Waals surface area contributed by atoms with Gasteiger partial charge in [0.1, 0.15) is 6.61 Å². The predicted molar refractivity (Wildman–Crippen MR) is 91.7 cm³/mol. The number of esters is 1. The van der Waals surface area contributed by atoms with Crippen LogP contribution in [-0.4, -0.2) is 18.9 Å². The number of carbonyl (C=O) groups excluding carboxylic acids is 2. The van der Waals surface area contributed by atoms with Gasteiger partial charge in [-0.25, -0.2) is 0 Å². The molecule has 3 nitrogen and oxygen atoms in total. The van der Waals surface area contributed by atoms with Crippen molar-refractivity contribution >= 4 is 12.3 Å². The normalized spacial score (nSPS) is 12.0. The molecule has 3 heteroatoms. The van der Waals surface area contributed by atoms with E-state index in [9.17, 15) is 9.59 Å². The minimum Gasteiger partial charge on any atom is -0.458 e. The second kappa shape index (κ2) is 13.1. The van der Waals surface area contributed by atoms with Crippen molar-refractivity contribution in [2.45, 2.75) is 66.2 Å². The van der Waals surface area contributed by atoms with E-state index in [1.165, 1.54) is 16.7 Å². The molecule has 0 amide bonds. The topological polar surface area (TPSA) is 43.4 Å². The molecule has 22 heavy (non-hydrogen) atoms. The van der Waals surface area contributed by atoms with Crippen molar-refractivity contribution in [3.8, 4) is 0 Å². The fraction of sp³-hybridized carbons (Fsp3) is 0.579. The first kappa shape index (κ1) is 20.4. The summed E-state index contributed by atoms with van der Waals surface area (Å²) in [7, 11) is 0. The number of ether oxygens (including phenoxy) is 1. The third kappa shape index (κ3) is 13.3. The summed E-state index contributed by atoms with van der Waals surface area (Å²) in [5, 5.41) is 0. The largest absolute Gasteiger partial charge is 0.458 e. The van der Waals surface area contributed by atoms with Crippen LogP contribution in [0.2, 0.25) is 0 Å². The Balaban J connectivity index is 3.89. The maximum atomic E-state index is 11.2. The maximum Gasteiger partial charge on any atom is 0.306 e. The molecular formula is C19H30O3. The Morgan fingerprint density at radius 2 is 1.32 bits per heavy atom. The number of hydrogen-bond acceptors (Lipinski definition) is 3. The molecule has 0 fully saturated rings. The fourth-order valence-electron chi connectivity index (χ4n) is 1.97. The van der Waals surface area contributed by atoms with Crippen molar-refractivity contribution in [1.82, 2.24) is 0 Å². The first-order valence-corrected chi connectivity index (χ1v) is 7.99. The first-order chi connectivity index (χ1) is 10.5. The van der Waals surface area contributed by atoms with Crippen LogP contribution in [0, 0.1) is 0 Å². The standard InChI is InChI=1S/C19H30O3/c1-16(2)8-5-9-17(3)10-6-11-18(4)12-7-13-19(21)22-15-14-20/h8,10,12,14H,5-7,9,11,13,15H2,1-4H3. The summed E-state index contributed by atoms with van der Waals surface area (Å²) < 4.78 is 4.69. The van der Waals surface area contributed by atoms with E-state index in [0.29, 0.717) is 19.1 Å². The molecule has 0 heterocycles. The van der Waals surface area contributed by atoms with Crippen molar-refractivity contribution in [2.75, 3.05) is 6.61 Å². The molecular weight excluding hydrogens is 276 g/mol. The summed E-state index contributed by atoms with van der Waals surface area (Å²) in [6.07, 6.45) is 12.5. The van der Waals surface area contributed by atoms with Gasteiger partial charge in [0.05, 0.1) is 0 Å². The van der Waals surface area contributed by atoms with E-state index in [2.05, 4.69) is 50.7 Å². The van der Waals surface area contributed by atoms with Gasteiger partial charge in [0.25, 0.3) is 0 Å². The molecule has 0 aliphatic carbocycles. The Bertz CT molecular complexity index is 424. The Kier molecular flexibility index (Phi) is 12.1. The highest BCUT2D eigenvalue weighted by atomic mass is 16.5. The minimum absolute atomic E-state index is 0.141. The summed E-state index contributed by atoms with van der Waals surface area (Å²) in [4.78, 5) is 21.3. The van der Waals surface area contributed by atoms with Crippen LogP contribution in [0.5, 0.6) is 0 Å². The Morgan fingerprint density at radius 3 is 1.82 bits per heavy atom. The van der Waals surface area contributed by atoms with E-state index in [1.54, 1.807) is 0 Å². The van der Waals surface area contributed by atoms with Gasteiger partial charge in [-0.15, -0.1) is 0 Å². The lowest BCUT2D eigenvalue weighted by molar-refractivity contribution is -0.145. The molecule has 0 saturated carbocycles. The minimum atomic E-state index is -0.314. The van der Waals surface area contributed by atoms with Crippen molar-refractivity contribution in [3.05, 3.63) is 34.9 Å². The van der Waals surface area contributed by atoms with Gasteiger partial charge in [-0.05, 0) is 59.8 Å². The van der Waals surface area contributed by atoms with Gasteiger partial charge in [-0.2, -0.15) is 0 Å². The summed E-state index contributed by atoms with van der Waals surface area (Å²) >= 11 is 0. The molecule has 0 saturated heterocycles. The predicted octanol–water partition coefficient (Wildman–Crippen LogP) is 4.93. The molecule has 124 valence electrons. The zero-order chi connectivity index (χ0) is 16.8. The summed E-state index contributed by atoms with van der Waals surface area (Å²) in [5.41, 5.74) is 4.09. The van der Waals surface area contributed by atoms with Gasteiger partial charge in [-0.1, -0.05) is 34.9 Å². The van der Waals surface area contributed by atoms with Gasteiger partial charge in [-0.3, -0.25) is 9.59 Å². The highest BCUT2D eigenvalue weighted by Gasteiger charge is 2.00. The van der Waals surface area contributed by atoms with Crippen LogP contribution in [0.15, 0.2) is 34.9 Å². The van der Waals surface area contributed by atoms with Crippen LogP contribution in [-0.2, 0) is 14.3 Å². The van der Waals surface area contributed by atoms with E-state index in [4.69, 9.17) is 0 Å². The van der Waals surface area contributed by atoms with Gasteiger partial charge in [0.15, 0.2) is 6.29 Å². The average molecular weight is 306 g/mol. The number of rotatable bonds is 11. The molecule has 0 unspecified atom stereocenters. The summed E-state index contributed by atoms with van der Waals surface area (Å²) in [6.45, 7) is 8.38. The molecule has 0 aromatic carbocycles. The fourth-order valence-corrected chi connectivity index (χ4v) is 1.97. The van der Waals surface area contributed by atoms with Gasteiger partial charge < -0.3 is 4.74 Å². The quantitative estimate of drug-likeness (QED) is 0.309. The number of aldehydes is 1. The second-order valence-corrected chi connectivity index (χ2v) is 5.85. The van der Waals surface area contributed by atoms with E-state index >= 15 is 0 Å². The Morgan fingerprint density at radius 1 is 0.818 bits per heavy atom. The molecule has 0 aliphatic rings. The smallest absolute Gasteiger partial charge is 0.306 e. The molecule has 0 aromatic rings. The van der Waals surface area contributed by atoms with Crippen molar-refractivity contribution in [3.63, 3.8) is 0 Å². The van der Waals surface area contributed by atoms with Gasteiger partial charge in [0, 0.05) is 6.42 Å². The summed E-state index contributed by atoms with van der Waals surface area (Å²) in [6, 6.07) is 0. The first-order valence-electron chi connectivity index (χ1n) is 7.99. The van der Waals surface area contributed by atoms with E-state index < -0.39 is 0 Å². The number of allylic oxidation sites excluding steroid dienone is 6. The van der Waals surface area contributed by atoms with Crippen LogP contribution in [0.25, 0.3) is 0 Å². The van der Waals surface area contributed by atoms with Crippen molar-refractivity contribution in [1.29, 1.82) is 0 Å². The highest BCUT2D eigenvalue weighted by molar-refractivity contribution is 5.71. The van der Waals surface area contributed by atoms with Crippen molar-refractivity contribution < 1.29 is 14.3 Å². The third-order valence-electron chi connectivity index (χ3n) is 3.28. The lowest BCUT2D eigenvalue weighted by Crippen LogP contribution is -2.05. The van der Waals surface area contributed by atoms with Crippen molar-refractivity contribution in [2.24, 2.45) is 0 Å². The number of carbonyl (C=O) groups is 2. The van der Waals surface area contributed by atoms with Gasteiger partial charge >= 0.3 is 5.97 Å². The number of hydrogen-bond donors (Lipinski definition) is 0. The second-order valence-electron chi connectivity index (χ2n) is 5.85. The van der Waals surface area contributed by atoms with Crippen LogP contribution in [0.1, 0.15) is 66.2 Å². The highest BCUT2D eigenvalue weighted by Crippen LogP contribution is 2.12. The van der Waals surface area contributed by atoms with E-state index in [1.807, 2.05) is 0 Å². The Labute approximate surface area is 135 Å². The third-order valence-corrected chi connectivity index (χ3v) is 3.28. The monoisotopic (exact) mass is 306 g/mol. The van der Waals surface area contributed by atoms with E-state index in [0.717, 1.165) is 25.7 Å². The lowest BCUT2D eigenvalue weighted by Gasteiger charge is -2.02. The zero-order valence-electron chi connectivity index (χ0n) is 14.5. The average Bonchev–Trinajstić information content (AvgIpc) is 2.44. The molecule has 0 rings (SSSR count). The molecule has 0 aliphatic heterocycles. The lowest BCUT2D eigenvalue weighted by atomic mass is 10.1. The Hall–Kier alpha value is -1.64. The zero-order valence-corrected chi connectivity index (χ0v) is 14.5. The summed E-state index contributed by atoms with van der Waals surface area (Å²) in [5.74, 6) is -0.314. The molecule has 0 bridgehead atoms. The van der Waals surface area contributed by atoms with Crippen LogP contribution < -0.4 is 0 Å². The van der Waals surface area contributed by atoms with E-state index in [-0.39, 0.29) is 12.6 Å². The van der Waals surface area contributed by atoms with Gasteiger partial charge in [0.2, 0.25) is 0 Å². The molecule has 0 spiro atoms.